The van der Waals surface area contributed by atoms with Gasteiger partial charge in [-0.25, -0.2) is 0 Å². The first kappa shape index (κ1) is 16.1. The van der Waals surface area contributed by atoms with Gasteiger partial charge in [0.2, 0.25) is 0 Å². The van der Waals surface area contributed by atoms with Gasteiger partial charge < -0.3 is 9.88 Å². The Kier molecular flexibility index (Phi) is 4.87. The van der Waals surface area contributed by atoms with Crippen LogP contribution in [0.15, 0.2) is 18.2 Å². The quantitative estimate of drug-likeness (QED) is 0.654. The molecule has 7 nitrogen and oxygen atoms in total. The number of nitro groups is 1. The Bertz CT molecular complexity index is 681. The molecule has 22 heavy (non-hydrogen) atoms. The van der Waals surface area contributed by atoms with Crippen LogP contribution in [0.3, 0.4) is 0 Å². The van der Waals surface area contributed by atoms with Crippen LogP contribution in [-0.2, 0) is 20.0 Å². The molecular weight excluding hydrogens is 282 g/mol. The Hall–Kier alpha value is -2.28. The second-order valence-electron chi connectivity index (χ2n) is 5.35. The molecule has 0 aliphatic carbocycles. The van der Waals surface area contributed by atoms with Crippen LogP contribution < -0.4 is 5.32 Å². The van der Waals surface area contributed by atoms with E-state index in [1.54, 1.807) is 19.1 Å². The zero-order valence-electron chi connectivity index (χ0n) is 13.3. The SMILES string of the molecule is CCc1nnc(CN[C@H](C)c2ccc(C)c([N+](=O)[O-])c2)n1C. The fourth-order valence-corrected chi connectivity index (χ4v) is 2.32. The van der Waals surface area contributed by atoms with E-state index in [-0.39, 0.29) is 16.7 Å². The van der Waals surface area contributed by atoms with E-state index in [2.05, 4.69) is 15.5 Å². The van der Waals surface area contributed by atoms with Crippen molar-refractivity contribution in [3.63, 3.8) is 0 Å². The van der Waals surface area contributed by atoms with Crippen LogP contribution >= 0.6 is 0 Å². The van der Waals surface area contributed by atoms with Gasteiger partial charge in [-0.05, 0) is 19.4 Å². The predicted octanol–water partition coefficient (Wildman–Crippen LogP) is 2.44. The summed E-state index contributed by atoms with van der Waals surface area (Å²) in [6.45, 7) is 6.32. The minimum Gasteiger partial charge on any atom is -0.317 e. The zero-order chi connectivity index (χ0) is 16.3. The molecule has 0 unspecified atom stereocenters. The van der Waals surface area contributed by atoms with E-state index < -0.39 is 0 Å². The summed E-state index contributed by atoms with van der Waals surface area (Å²) < 4.78 is 1.97. The molecule has 1 aromatic carbocycles. The minimum absolute atomic E-state index is 0.0129. The van der Waals surface area contributed by atoms with E-state index in [9.17, 15) is 10.1 Å². The molecule has 1 N–H and O–H groups in total. The van der Waals surface area contributed by atoms with E-state index in [0.29, 0.717) is 12.1 Å². The summed E-state index contributed by atoms with van der Waals surface area (Å²) >= 11 is 0. The monoisotopic (exact) mass is 303 g/mol. The lowest BCUT2D eigenvalue weighted by Crippen LogP contribution is -2.20. The molecule has 0 fully saturated rings. The average Bonchev–Trinajstić information content (AvgIpc) is 2.85. The fraction of sp³-hybridized carbons (Fsp3) is 0.467. The maximum absolute atomic E-state index is 11.0. The summed E-state index contributed by atoms with van der Waals surface area (Å²) in [6.07, 6.45) is 0.837. The Labute approximate surface area is 129 Å². The van der Waals surface area contributed by atoms with Gasteiger partial charge in [0, 0.05) is 31.1 Å². The molecule has 2 aromatic rings. The molecule has 2 rings (SSSR count). The summed E-state index contributed by atoms with van der Waals surface area (Å²) in [6, 6.07) is 5.31. The summed E-state index contributed by atoms with van der Waals surface area (Å²) in [5.41, 5.74) is 1.70. The normalized spacial score (nSPS) is 12.4. The molecule has 0 amide bonds. The second kappa shape index (κ2) is 6.65. The number of aryl methyl sites for hydroxylation is 2. The number of benzene rings is 1. The Morgan fingerprint density at radius 3 is 2.64 bits per heavy atom. The molecule has 0 aliphatic rings. The summed E-state index contributed by atoms with van der Waals surface area (Å²) in [4.78, 5) is 10.7. The first-order valence-corrected chi connectivity index (χ1v) is 7.29. The lowest BCUT2D eigenvalue weighted by molar-refractivity contribution is -0.385. The van der Waals surface area contributed by atoms with E-state index in [0.717, 1.165) is 23.6 Å². The molecule has 1 atom stereocenters. The van der Waals surface area contributed by atoms with Gasteiger partial charge in [-0.1, -0.05) is 19.1 Å². The summed E-state index contributed by atoms with van der Waals surface area (Å²) in [5.74, 6) is 1.79. The van der Waals surface area contributed by atoms with Crippen molar-refractivity contribution in [1.82, 2.24) is 20.1 Å². The highest BCUT2D eigenvalue weighted by atomic mass is 16.6. The number of nitrogens with zero attached hydrogens (tertiary/aromatic N) is 4. The number of aromatic nitrogens is 3. The van der Waals surface area contributed by atoms with Gasteiger partial charge in [-0.15, -0.1) is 10.2 Å². The van der Waals surface area contributed by atoms with Gasteiger partial charge in [0.15, 0.2) is 0 Å². The van der Waals surface area contributed by atoms with Gasteiger partial charge in [-0.3, -0.25) is 10.1 Å². The lowest BCUT2D eigenvalue weighted by Gasteiger charge is -2.14. The smallest absolute Gasteiger partial charge is 0.272 e. The third-order valence-corrected chi connectivity index (χ3v) is 3.87. The Balaban J connectivity index is 2.09. The number of nitrogens with one attached hydrogen (secondary N) is 1. The van der Waals surface area contributed by atoms with Crippen molar-refractivity contribution in [2.24, 2.45) is 7.05 Å². The third-order valence-electron chi connectivity index (χ3n) is 3.87. The van der Waals surface area contributed by atoms with Crippen molar-refractivity contribution in [3.8, 4) is 0 Å². The molecule has 0 spiro atoms. The third kappa shape index (κ3) is 3.30. The van der Waals surface area contributed by atoms with Crippen LogP contribution in [0.5, 0.6) is 0 Å². The van der Waals surface area contributed by atoms with Crippen molar-refractivity contribution in [2.45, 2.75) is 39.8 Å². The molecule has 0 bridgehead atoms. The second-order valence-corrected chi connectivity index (χ2v) is 5.35. The largest absolute Gasteiger partial charge is 0.317 e. The van der Waals surface area contributed by atoms with Crippen molar-refractivity contribution in [2.75, 3.05) is 0 Å². The van der Waals surface area contributed by atoms with Crippen LogP contribution in [-0.4, -0.2) is 19.7 Å². The van der Waals surface area contributed by atoms with E-state index in [4.69, 9.17) is 0 Å². The average molecular weight is 303 g/mol. The van der Waals surface area contributed by atoms with E-state index in [1.807, 2.05) is 31.5 Å². The first-order chi connectivity index (χ1) is 10.4. The molecular formula is C15H21N5O2. The maximum atomic E-state index is 11.0. The predicted molar refractivity (Wildman–Crippen MR) is 83.5 cm³/mol. The van der Waals surface area contributed by atoms with Crippen LogP contribution in [0.4, 0.5) is 5.69 Å². The Morgan fingerprint density at radius 2 is 2.05 bits per heavy atom. The Morgan fingerprint density at radius 1 is 1.36 bits per heavy atom. The first-order valence-electron chi connectivity index (χ1n) is 7.29. The zero-order valence-corrected chi connectivity index (χ0v) is 13.3. The topological polar surface area (TPSA) is 85.9 Å². The molecule has 1 aromatic heterocycles. The van der Waals surface area contributed by atoms with Crippen LogP contribution in [0, 0.1) is 17.0 Å². The molecule has 0 saturated heterocycles. The highest BCUT2D eigenvalue weighted by molar-refractivity contribution is 5.43. The molecule has 1 heterocycles. The van der Waals surface area contributed by atoms with Crippen LogP contribution in [0.1, 0.15) is 42.7 Å². The van der Waals surface area contributed by atoms with E-state index in [1.165, 1.54) is 0 Å². The lowest BCUT2D eigenvalue weighted by atomic mass is 10.0. The van der Waals surface area contributed by atoms with Crippen LogP contribution in [0.2, 0.25) is 0 Å². The molecule has 118 valence electrons. The standard InChI is InChI=1S/C15H21N5O2/c1-5-14-17-18-15(19(14)4)9-16-11(3)12-7-6-10(2)13(8-12)20(21)22/h6-8,11,16H,5,9H2,1-4H3/t11-/m1/s1. The molecule has 0 radical (unpaired) electrons. The van der Waals surface area contributed by atoms with Gasteiger partial charge >= 0.3 is 0 Å². The number of hydrogen-bond acceptors (Lipinski definition) is 5. The van der Waals surface area contributed by atoms with Crippen LogP contribution in [0.25, 0.3) is 0 Å². The van der Waals surface area contributed by atoms with Gasteiger partial charge in [0.25, 0.3) is 5.69 Å². The summed E-state index contributed by atoms with van der Waals surface area (Å²) in [5, 5.41) is 22.6. The number of nitro benzene ring substituents is 1. The number of rotatable bonds is 6. The van der Waals surface area contributed by atoms with Gasteiger partial charge in [-0.2, -0.15) is 0 Å². The molecule has 0 saturated carbocycles. The summed E-state index contributed by atoms with van der Waals surface area (Å²) in [7, 11) is 1.94. The van der Waals surface area contributed by atoms with Crippen molar-refractivity contribution < 1.29 is 4.92 Å². The van der Waals surface area contributed by atoms with Crippen molar-refractivity contribution in [1.29, 1.82) is 0 Å². The highest BCUT2D eigenvalue weighted by Gasteiger charge is 2.15. The van der Waals surface area contributed by atoms with Gasteiger partial charge in [0.05, 0.1) is 11.5 Å². The number of hydrogen-bond donors (Lipinski definition) is 1. The molecule has 0 aliphatic heterocycles. The highest BCUT2D eigenvalue weighted by Crippen LogP contribution is 2.23. The van der Waals surface area contributed by atoms with Crippen molar-refractivity contribution >= 4 is 5.69 Å². The molecule has 7 heteroatoms. The maximum Gasteiger partial charge on any atom is 0.272 e. The van der Waals surface area contributed by atoms with E-state index >= 15 is 0 Å². The minimum atomic E-state index is -0.345. The van der Waals surface area contributed by atoms with Crippen molar-refractivity contribution in [3.05, 3.63) is 51.1 Å². The van der Waals surface area contributed by atoms with Gasteiger partial charge in [0.1, 0.15) is 11.6 Å². The fourth-order valence-electron chi connectivity index (χ4n) is 2.32.